The molecule has 15 heavy (non-hydrogen) atoms. The molecular weight excluding hydrogens is 186 g/mol. The Kier molecular flexibility index (Phi) is 2.51. The number of benzene rings is 1. The summed E-state index contributed by atoms with van der Waals surface area (Å²) in [5.41, 5.74) is 3.31. The second kappa shape index (κ2) is 3.69. The van der Waals surface area contributed by atoms with Gasteiger partial charge < -0.3 is 4.90 Å². The maximum Gasteiger partial charge on any atom is 0.150 e. The van der Waals surface area contributed by atoms with E-state index in [1.54, 1.807) is 0 Å². The Morgan fingerprint density at radius 2 is 2.20 bits per heavy atom. The molecule has 0 fully saturated rings. The molecule has 1 unspecified atom stereocenters. The molecule has 1 aromatic carbocycles. The summed E-state index contributed by atoms with van der Waals surface area (Å²) >= 11 is 0. The summed E-state index contributed by atoms with van der Waals surface area (Å²) in [6.45, 7) is 7.59. The Labute approximate surface area is 90.9 Å². The lowest BCUT2D eigenvalue weighted by Gasteiger charge is -2.24. The lowest BCUT2D eigenvalue weighted by molar-refractivity contribution is 0.112. The average Bonchev–Trinajstić information content (AvgIpc) is 2.56. The zero-order valence-electron chi connectivity index (χ0n) is 9.53. The van der Waals surface area contributed by atoms with Crippen molar-refractivity contribution in [2.45, 2.75) is 32.7 Å². The Balaban J connectivity index is 2.53. The van der Waals surface area contributed by atoms with Gasteiger partial charge in [-0.3, -0.25) is 4.79 Å². The molecule has 0 aromatic heterocycles. The van der Waals surface area contributed by atoms with Crippen LogP contribution in [0.3, 0.4) is 0 Å². The van der Waals surface area contributed by atoms with Gasteiger partial charge in [-0.05, 0) is 25.5 Å². The third-order valence-corrected chi connectivity index (χ3v) is 3.14. The first-order chi connectivity index (χ1) is 7.15. The van der Waals surface area contributed by atoms with Gasteiger partial charge in [-0.15, -0.1) is 0 Å². The van der Waals surface area contributed by atoms with E-state index >= 15 is 0 Å². The van der Waals surface area contributed by atoms with E-state index in [-0.39, 0.29) is 0 Å². The van der Waals surface area contributed by atoms with Crippen molar-refractivity contribution in [3.05, 3.63) is 29.3 Å². The highest BCUT2D eigenvalue weighted by Gasteiger charge is 2.28. The Morgan fingerprint density at radius 3 is 2.80 bits per heavy atom. The minimum absolute atomic E-state index is 0.462. The van der Waals surface area contributed by atoms with Gasteiger partial charge in [0, 0.05) is 29.8 Å². The third kappa shape index (κ3) is 1.54. The fraction of sp³-hybridized carbons (Fsp3) is 0.462. The summed E-state index contributed by atoms with van der Waals surface area (Å²) in [4.78, 5) is 13.3. The van der Waals surface area contributed by atoms with Gasteiger partial charge in [0.05, 0.1) is 0 Å². The summed E-state index contributed by atoms with van der Waals surface area (Å²) in [5, 5.41) is 0. The van der Waals surface area contributed by atoms with Gasteiger partial charge in [-0.2, -0.15) is 0 Å². The van der Waals surface area contributed by atoms with E-state index in [9.17, 15) is 4.79 Å². The fourth-order valence-corrected chi connectivity index (χ4v) is 2.43. The standard InChI is InChI=1S/C13H17NO/c1-9(2)14-7-10(3)13-11(8-15)5-4-6-12(13)14/h4-6,8-10H,7H2,1-3H3. The van der Waals surface area contributed by atoms with E-state index in [2.05, 4.69) is 31.7 Å². The van der Waals surface area contributed by atoms with Gasteiger partial charge in [-0.1, -0.05) is 19.1 Å². The van der Waals surface area contributed by atoms with Crippen LogP contribution in [0.5, 0.6) is 0 Å². The number of carbonyl (C=O) groups is 1. The smallest absolute Gasteiger partial charge is 0.150 e. The molecule has 1 atom stereocenters. The number of anilines is 1. The molecule has 0 radical (unpaired) electrons. The van der Waals surface area contributed by atoms with Gasteiger partial charge in [0.15, 0.2) is 0 Å². The third-order valence-electron chi connectivity index (χ3n) is 3.14. The number of hydrogen-bond donors (Lipinski definition) is 0. The molecule has 2 nitrogen and oxygen atoms in total. The van der Waals surface area contributed by atoms with Crippen molar-refractivity contribution in [3.8, 4) is 0 Å². The van der Waals surface area contributed by atoms with E-state index in [1.807, 2.05) is 12.1 Å². The summed E-state index contributed by atoms with van der Waals surface area (Å²) < 4.78 is 0. The van der Waals surface area contributed by atoms with Gasteiger partial charge >= 0.3 is 0 Å². The van der Waals surface area contributed by atoms with Gasteiger partial charge in [0.1, 0.15) is 6.29 Å². The molecule has 1 aliphatic heterocycles. The molecule has 0 saturated heterocycles. The highest BCUT2D eigenvalue weighted by atomic mass is 16.1. The van der Waals surface area contributed by atoms with Crippen LogP contribution >= 0.6 is 0 Å². The molecule has 0 bridgehead atoms. The van der Waals surface area contributed by atoms with Gasteiger partial charge in [-0.25, -0.2) is 0 Å². The molecular formula is C13H17NO. The molecule has 2 heteroatoms. The maximum absolute atomic E-state index is 11.0. The minimum Gasteiger partial charge on any atom is -0.368 e. The molecule has 1 aromatic rings. The van der Waals surface area contributed by atoms with Crippen molar-refractivity contribution in [1.29, 1.82) is 0 Å². The lowest BCUT2D eigenvalue weighted by Crippen LogP contribution is -2.28. The van der Waals surface area contributed by atoms with Crippen LogP contribution in [0.1, 0.15) is 42.6 Å². The van der Waals surface area contributed by atoms with E-state index in [4.69, 9.17) is 0 Å². The SMILES string of the molecule is CC1CN(C(C)C)c2cccc(C=O)c21. The van der Waals surface area contributed by atoms with Gasteiger partial charge in [0.2, 0.25) is 0 Å². The van der Waals surface area contributed by atoms with Crippen molar-refractivity contribution in [2.24, 2.45) is 0 Å². The Hall–Kier alpha value is -1.31. The number of nitrogens with zero attached hydrogens (tertiary/aromatic N) is 1. The van der Waals surface area contributed by atoms with E-state index in [0.29, 0.717) is 12.0 Å². The van der Waals surface area contributed by atoms with Gasteiger partial charge in [0.25, 0.3) is 0 Å². The first kappa shape index (κ1) is 10.2. The second-order valence-electron chi connectivity index (χ2n) is 4.55. The molecule has 2 rings (SSSR count). The van der Waals surface area contributed by atoms with Crippen LogP contribution < -0.4 is 4.90 Å². The zero-order valence-corrected chi connectivity index (χ0v) is 9.53. The lowest BCUT2D eigenvalue weighted by atomic mass is 9.98. The quantitative estimate of drug-likeness (QED) is 0.689. The van der Waals surface area contributed by atoms with Crippen LogP contribution in [0, 0.1) is 0 Å². The van der Waals surface area contributed by atoms with Crippen molar-refractivity contribution < 1.29 is 4.79 Å². The highest BCUT2D eigenvalue weighted by Crippen LogP contribution is 2.38. The first-order valence-electron chi connectivity index (χ1n) is 5.50. The van der Waals surface area contributed by atoms with Crippen molar-refractivity contribution in [1.82, 2.24) is 0 Å². The molecule has 1 heterocycles. The number of aldehydes is 1. The first-order valence-corrected chi connectivity index (χ1v) is 5.50. The molecule has 0 saturated carbocycles. The second-order valence-corrected chi connectivity index (χ2v) is 4.55. The van der Waals surface area contributed by atoms with Crippen LogP contribution in [-0.2, 0) is 0 Å². The Bertz CT molecular complexity index is 384. The summed E-state index contributed by atoms with van der Waals surface area (Å²) in [6.07, 6.45) is 0.971. The van der Waals surface area contributed by atoms with Crippen molar-refractivity contribution >= 4 is 12.0 Å². The van der Waals surface area contributed by atoms with E-state index in [1.165, 1.54) is 11.3 Å². The topological polar surface area (TPSA) is 20.3 Å². The van der Waals surface area contributed by atoms with Crippen LogP contribution in [0.15, 0.2) is 18.2 Å². The molecule has 0 aliphatic carbocycles. The van der Waals surface area contributed by atoms with E-state index < -0.39 is 0 Å². The highest BCUT2D eigenvalue weighted by molar-refractivity contribution is 5.83. The zero-order chi connectivity index (χ0) is 11.0. The van der Waals surface area contributed by atoms with Crippen LogP contribution in [0.25, 0.3) is 0 Å². The summed E-state index contributed by atoms with van der Waals surface area (Å²) in [7, 11) is 0. The molecule has 0 spiro atoms. The molecule has 1 aliphatic rings. The van der Waals surface area contributed by atoms with Crippen molar-refractivity contribution in [2.75, 3.05) is 11.4 Å². The average molecular weight is 203 g/mol. The van der Waals surface area contributed by atoms with E-state index in [0.717, 1.165) is 18.4 Å². The minimum atomic E-state index is 0.462. The normalized spacial score (nSPS) is 19.5. The predicted octanol–water partition coefficient (Wildman–Crippen LogP) is 2.83. The van der Waals surface area contributed by atoms with Crippen molar-refractivity contribution in [3.63, 3.8) is 0 Å². The molecule has 80 valence electrons. The largest absolute Gasteiger partial charge is 0.368 e. The summed E-state index contributed by atoms with van der Waals surface area (Å²) in [6, 6.07) is 6.49. The molecule has 0 amide bonds. The fourth-order valence-electron chi connectivity index (χ4n) is 2.43. The number of hydrogen-bond acceptors (Lipinski definition) is 2. The Morgan fingerprint density at radius 1 is 1.47 bits per heavy atom. The van der Waals surface area contributed by atoms with Crippen LogP contribution in [0.2, 0.25) is 0 Å². The van der Waals surface area contributed by atoms with Crippen LogP contribution in [-0.4, -0.2) is 18.9 Å². The maximum atomic E-state index is 11.0. The van der Waals surface area contributed by atoms with Crippen LogP contribution in [0.4, 0.5) is 5.69 Å². The number of rotatable bonds is 2. The monoisotopic (exact) mass is 203 g/mol. The molecule has 0 N–H and O–H groups in total. The number of fused-ring (bicyclic) bond motifs is 1. The number of carbonyl (C=O) groups excluding carboxylic acids is 1. The predicted molar refractivity (Wildman–Crippen MR) is 62.7 cm³/mol. The summed E-state index contributed by atoms with van der Waals surface area (Å²) in [5.74, 6) is 0.462.